The van der Waals surface area contributed by atoms with Crippen molar-refractivity contribution in [3.63, 3.8) is 0 Å². The van der Waals surface area contributed by atoms with Crippen LogP contribution in [-0.2, 0) is 0 Å². The van der Waals surface area contributed by atoms with Gasteiger partial charge in [-0.25, -0.2) is 0 Å². The molecule has 0 bridgehead atoms. The average Bonchev–Trinajstić information content (AvgIpc) is 2.32. The monoisotopic (exact) mass is 168 g/mol. The molecule has 12 heavy (non-hydrogen) atoms. The predicted octanol–water partition coefficient (Wildman–Crippen LogP) is 1.62. The van der Waals surface area contributed by atoms with E-state index in [1.165, 1.54) is 12.5 Å². The van der Waals surface area contributed by atoms with Gasteiger partial charge in [0.1, 0.15) is 6.26 Å². The lowest BCUT2D eigenvalue weighted by Gasteiger charge is -2.14. The van der Waals surface area contributed by atoms with E-state index in [4.69, 9.17) is 4.42 Å². The maximum absolute atomic E-state index is 11.3. The SMILES string of the molecule is CC(C)(O)CC(=O)c1ccoc1. The topological polar surface area (TPSA) is 50.4 Å². The van der Waals surface area contributed by atoms with Gasteiger partial charge in [0.2, 0.25) is 0 Å². The number of carbonyl (C=O) groups is 1. The third-order valence-corrected chi connectivity index (χ3v) is 1.44. The van der Waals surface area contributed by atoms with Crippen LogP contribution >= 0.6 is 0 Å². The van der Waals surface area contributed by atoms with E-state index in [0.717, 1.165) is 0 Å². The summed E-state index contributed by atoms with van der Waals surface area (Å²) in [7, 11) is 0. The molecule has 0 fully saturated rings. The van der Waals surface area contributed by atoms with E-state index in [0.29, 0.717) is 5.56 Å². The number of rotatable bonds is 3. The highest BCUT2D eigenvalue weighted by Gasteiger charge is 2.19. The van der Waals surface area contributed by atoms with E-state index in [9.17, 15) is 9.90 Å². The van der Waals surface area contributed by atoms with Crippen LogP contribution in [0.15, 0.2) is 23.0 Å². The van der Waals surface area contributed by atoms with Crippen molar-refractivity contribution in [1.29, 1.82) is 0 Å². The molecular weight excluding hydrogens is 156 g/mol. The normalized spacial score (nSPS) is 11.6. The van der Waals surface area contributed by atoms with Crippen LogP contribution in [0, 0.1) is 0 Å². The molecule has 3 nitrogen and oxygen atoms in total. The molecule has 0 aromatic carbocycles. The lowest BCUT2D eigenvalue weighted by molar-refractivity contribution is 0.0587. The molecule has 0 aliphatic heterocycles. The standard InChI is InChI=1S/C9H12O3/c1-9(2,11)5-8(10)7-3-4-12-6-7/h3-4,6,11H,5H2,1-2H3. The lowest BCUT2D eigenvalue weighted by Crippen LogP contribution is -2.23. The van der Waals surface area contributed by atoms with Gasteiger partial charge in [-0.2, -0.15) is 0 Å². The van der Waals surface area contributed by atoms with Crippen LogP contribution in [0.2, 0.25) is 0 Å². The van der Waals surface area contributed by atoms with Crippen LogP contribution in [0.4, 0.5) is 0 Å². The van der Waals surface area contributed by atoms with Crippen LogP contribution in [0.3, 0.4) is 0 Å². The van der Waals surface area contributed by atoms with Gasteiger partial charge in [0, 0.05) is 6.42 Å². The van der Waals surface area contributed by atoms with Crippen molar-refractivity contribution in [3.05, 3.63) is 24.2 Å². The minimum absolute atomic E-state index is 0.101. The molecule has 1 N–H and O–H groups in total. The van der Waals surface area contributed by atoms with E-state index < -0.39 is 5.60 Å². The van der Waals surface area contributed by atoms with Crippen LogP contribution in [0.5, 0.6) is 0 Å². The highest BCUT2D eigenvalue weighted by Crippen LogP contribution is 2.13. The Labute approximate surface area is 71.0 Å². The second-order valence-electron chi connectivity index (χ2n) is 3.42. The first-order valence-corrected chi connectivity index (χ1v) is 3.77. The van der Waals surface area contributed by atoms with E-state index in [-0.39, 0.29) is 12.2 Å². The van der Waals surface area contributed by atoms with Gasteiger partial charge < -0.3 is 9.52 Å². The fraction of sp³-hybridized carbons (Fsp3) is 0.444. The molecule has 0 radical (unpaired) electrons. The molecule has 3 heteroatoms. The minimum Gasteiger partial charge on any atom is -0.472 e. The van der Waals surface area contributed by atoms with Gasteiger partial charge >= 0.3 is 0 Å². The number of hydrogen-bond donors (Lipinski definition) is 1. The van der Waals surface area contributed by atoms with E-state index >= 15 is 0 Å². The summed E-state index contributed by atoms with van der Waals surface area (Å²) in [5.74, 6) is -0.101. The first kappa shape index (κ1) is 9.00. The third kappa shape index (κ3) is 2.51. The summed E-state index contributed by atoms with van der Waals surface area (Å²) >= 11 is 0. The van der Waals surface area contributed by atoms with E-state index in [1.807, 2.05) is 0 Å². The Bertz CT molecular complexity index is 254. The maximum atomic E-state index is 11.3. The molecule has 0 unspecified atom stereocenters. The zero-order valence-electron chi connectivity index (χ0n) is 7.20. The largest absolute Gasteiger partial charge is 0.472 e. The number of aliphatic hydroxyl groups is 1. The molecule has 0 saturated heterocycles. The van der Waals surface area contributed by atoms with Crippen LogP contribution in [-0.4, -0.2) is 16.5 Å². The number of furan rings is 1. The van der Waals surface area contributed by atoms with Gasteiger partial charge in [0.05, 0.1) is 17.4 Å². The second kappa shape index (κ2) is 3.11. The van der Waals surface area contributed by atoms with Crippen molar-refractivity contribution < 1.29 is 14.3 Å². The third-order valence-electron chi connectivity index (χ3n) is 1.44. The Hall–Kier alpha value is -1.09. The summed E-state index contributed by atoms with van der Waals surface area (Å²) in [6, 6.07) is 1.59. The zero-order valence-corrected chi connectivity index (χ0v) is 7.20. The smallest absolute Gasteiger partial charge is 0.168 e. The van der Waals surface area contributed by atoms with Gasteiger partial charge in [-0.3, -0.25) is 4.79 Å². The van der Waals surface area contributed by atoms with Crippen molar-refractivity contribution in [3.8, 4) is 0 Å². The second-order valence-corrected chi connectivity index (χ2v) is 3.42. The molecule has 0 atom stereocenters. The Morgan fingerprint density at radius 1 is 1.67 bits per heavy atom. The lowest BCUT2D eigenvalue weighted by atomic mass is 9.99. The number of carbonyl (C=O) groups excluding carboxylic acids is 1. The summed E-state index contributed by atoms with van der Waals surface area (Å²) in [4.78, 5) is 11.3. The number of hydrogen-bond acceptors (Lipinski definition) is 3. The zero-order chi connectivity index (χ0) is 9.19. The molecule has 1 rings (SSSR count). The summed E-state index contributed by atoms with van der Waals surface area (Å²) < 4.78 is 4.75. The van der Waals surface area contributed by atoms with E-state index in [1.54, 1.807) is 19.9 Å². The molecule has 0 saturated carbocycles. The summed E-state index contributed by atoms with van der Waals surface area (Å²) in [6.07, 6.45) is 2.94. The average molecular weight is 168 g/mol. The molecule has 1 aromatic heterocycles. The first-order valence-electron chi connectivity index (χ1n) is 3.77. The Balaban J connectivity index is 2.63. The van der Waals surface area contributed by atoms with Gasteiger partial charge in [-0.05, 0) is 19.9 Å². The highest BCUT2D eigenvalue weighted by molar-refractivity contribution is 5.96. The van der Waals surface area contributed by atoms with Gasteiger partial charge in [-0.1, -0.05) is 0 Å². The number of ketones is 1. The Morgan fingerprint density at radius 3 is 2.75 bits per heavy atom. The molecule has 0 amide bonds. The molecule has 1 aromatic rings. The van der Waals surface area contributed by atoms with Crippen molar-refractivity contribution >= 4 is 5.78 Å². The molecule has 0 aliphatic carbocycles. The van der Waals surface area contributed by atoms with Crippen molar-refractivity contribution in [2.75, 3.05) is 0 Å². The molecule has 66 valence electrons. The fourth-order valence-corrected chi connectivity index (χ4v) is 0.918. The predicted molar refractivity (Wildman–Crippen MR) is 44.0 cm³/mol. The van der Waals surface area contributed by atoms with E-state index in [2.05, 4.69) is 0 Å². The van der Waals surface area contributed by atoms with Crippen molar-refractivity contribution in [1.82, 2.24) is 0 Å². The van der Waals surface area contributed by atoms with Crippen LogP contribution < -0.4 is 0 Å². The molecule has 0 aliphatic rings. The molecular formula is C9H12O3. The van der Waals surface area contributed by atoms with Crippen LogP contribution in [0.25, 0.3) is 0 Å². The quantitative estimate of drug-likeness (QED) is 0.698. The maximum Gasteiger partial charge on any atom is 0.168 e. The van der Waals surface area contributed by atoms with Crippen molar-refractivity contribution in [2.24, 2.45) is 0 Å². The summed E-state index contributed by atoms with van der Waals surface area (Å²) in [5.41, 5.74) is -0.439. The molecule has 1 heterocycles. The minimum atomic E-state index is -0.950. The van der Waals surface area contributed by atoms with Crippen molar-refractivity contribution in [2.45, 2.75) is 25.9 Å². The summed E-state index contributed by atoms with van der Waals surface area (Å²) in [5, 5.41) is 9.34. The van der Waals surface area contributed by atoms with Gasteiger partial charge in [0.15, 0.2) is 5.78 Å². The Kier molecular flexibility index (Phi) is 2.33. The summed E-state index contributed by atoms with van der Waals surface area (Å²) in [6.45, 7) is 3.20. The van der Waals surface area contributed by atoms with Gasteiger partial charge in [-0.15, -0.1) is 0 Å². The fourth-order valence-electron chi connectivity index (χ4n) is 0.918. The Morgan fingerprint density at radius 2 is 2.33 bits per heavy atom. The molecule has 0 spiro atoms. The number of Topliss-reactive ketones (excluding diaryl/α,β-unsaturated/α-hetero) is 1. The van der Waals surface area contributed by atoms with Gasteiger partial charge in [0.25, 0.3) is 0 Å². The van der Waals surface area contributed by atoms with Crippen LogP contribution in [0.1, 0.15) is 30.6 Å². The first-order chi connectivity index (χ1) is 5.49. The highest BCUT2D eigenvalue weighted by atomic mass is 16.3.